The average molecular weight is 350 g/mol. The van der Waals surface area contributed by atoms with Crippen LogP contribution in [0.2, 0.25) is 0 Å². The van der Waals surface area contributed by atoms with Gasteiger partial charge in [-0.2, -0.15) is 5.26 Å². The summed E-state index contributed by atoms with van der Waals surface area (Å²) in [5.41, 5.74) is 1.07. The number of carbonyl (C=O) groups excluding carboxylic acids is 2. The van der Waals surface area contributed by atoms with Crippen molar-refractivity contribution in [1.82, 2.24) is 4.90 Å². The molecule has 6 nitrogen and oxygen atoms in total. The highest BCUT2D eigenvalue weighted by Crippen LogP contribution is 2.19. The lowest BCUT2D eigenvalue weighted by molar-refractivity contribution is 0.0600. The highest BCUT2D eigenvalue weighted by atomic mass is 16.5. The second-order valence-electron chi connectivity index (χ2n) is 5.60. The van der Waals surface area contributed by atoms with Crippen LogP contribution in [0.25, 0.3) is 0 Å². The molecule has 0 N–H and O–H groups in total. The molecule has 2 rings (SSSR count). The minimum absolute atomic E-state index is 0.0849. The van der Waals surface area contributed by atoms with Crippen LogP contribution in [0, 0.1) is 11.3 Å². The molecule has 0 amide bonds. The van der Waals surface area contributed by atoms with Crippen molar-refractivity contribution in [3.63, 3.8) is 0 Å². The number of hydrogen-bond acceptors (Lipinski definition) is 6. The van der Waals surface area contributed by atoms with Crippen LogP contribution in [0.1, 0.15) is 26.3 Å². The summed E-state index contributed by atoms with van der Waals surface area (Å²) in [7, 11) is 4.81. The SMILES string of the molecule is COC(=O)c1cccc(C(=O)/C(=C\N(C)C)Oc2ccc(C#N)cc2)c1. The molecule has 0 fully saturated rings. The Balaban J connectivity index is 2.33. The van der Waals surface area contributed by atoms with Crippen molar-refractivity contribution in [3.05, 3.63) is 77.2 Å². The third-order valence-electron chi connectivity index (χ3n) is 3.36. The first-order valence-corrected chi connectivity index (χ1v) is 7.74. The fraction of sp³-hybridized carbons (Fsp3) is 0.150. The number of Topliss-reactive ketones (excluding diaryl/α,β-unsaturated/α-hetero) is 1. The van der Waals surface area contributed by atoms with E-state index in [-0.39, 0.29) is 17.1 Å². The van der Waals surface area contributed by atoms with Crippen LogP contribution in [0.3, 0.4) is 0 Å². The molecule has 0 radical (unpaired) electrons. The summed E-state index contributed by atoms with van der Waals surface area (Å²) < 4.78 is 10.4. The Morgan fingerprint density at radius 2 is 1.73 bits per heavy atom. The quantitative estimate of drug-likeness (QED) is 0.345. The lowest BCUT2D eigenvalue weighted by atomic mass is 10.1. The van der Waals surface area contributed by atoms with Gasteiger partial charge in [0.2, 0.25) is 5.78 Å². The summed E-state index contributed by atoms with van der Waals surface area (Å²) in [5.74, 6) is -0.393. The Bertz CT molecular complexity index is 877. The van der Waals surface area contributed by atoms with E-state index in [1.807, 2.05) is 6.07 Å². The number of nitriles is 1. The highest BCUT2D eigenvalue weighted by molar-refractivity contribution is 6.08. The maximum Gasteiger partial charge on any atom is 0.337 e. The van der Waals surface area contributed by atoms with Gasteiger partial charge in [-0.05, 0) is 36.4 Å². The minimum atomic E-state index is -0.522. The second kappa shape index (κ2) is 8.49. The molecule has 0 aromatic heterocycles. The number of esters is 1. The fourth-order valence-electron chi connectivity index (χ4n) is 2.14. The van der Waals surface area contributed by atoms with E-state index in [1.54, 1.807) is 67.7 Å². The van der Waals surface area contributed by atoms with Crippen molar-refractivity contribution in [2.75, 3.05) is 21.2 Å². The van der Waals surface area contributed by atoms with Gasteiger partial charge in [-0.3, -0.25) is 4.79 Å². The Hall–Kier alpha value is -3.59. The molecule has 132 valence electrons. The third-order valence-corrected chi connectivity index (χ3v) is 3.36. The van der Waals surface area contributed by atoms with Gasteiger partial charge in [0.15, 0.2) is 5.76 Å². The van der Waals surface area contributed by atoms with Crippen molar-refractivity contribution >= 4 is 11.8 Å². The number of nitrogens with zero attached hydrogens (tertiary/aromatic N) is 2. The molecular weight excluding hydrogens is 332 g/mol. The maximum absolute atomic E-state index is 12.8. The van der Waals surface area contributed by atoms with Gasteiger partial charge in [0.1, 0.15) is 5.75 Å². The van der Waals surface area contributed by atoms with Crippen molar-refractivity contribution < 1.29 is 19.1 Å². The predicted molar refractivity (Wildman–Crippen MR) is 95.7 cm³/mol. The number of allylic oxidation sites excluding steroid dienone is 1. The number of methoxy groups -OCH3 is 1. The van der Waals surface area contributed by atoms with Crippen LogP contribution in [-0.2, 0) is 4.74 Å². The zero-order valence-electron chi connectivity index (χ0n) is 14.7. The van der Waals surface area contributed by atoms with Gasteiger partial charge in [0.05, 0.1) is 24.3 Å². The molecule has 6 heteroatoms. The first kappa shape index (κ1) is 18.7. The molecule has 0 atom stereocenters. The summed E-state index contributed by atoms with van der Waals surface area (Å²) in [6.45, 7) is 0. The average Bonchev–Trinajstić information content (AvgIpc) is 2.66. The minimum Gasteiger partial charge on any atom is -0.465 e. The topological polar surface area (TPSA) is 79.6 Å². The van der Waals surface area contributed by atoms with Crippen LogP contribution >= 0.6 is 0 Å². The standard InChI is InChI=1S/C20H18N2O4/c1-22(2)13-18(26-17-9-7-14(12-21)8-10-17)19(23)15-5-4-6-16(11-15)20(24)25-3/h4-11,13H,1-3H3/b18-13+. The Labute approximate surface area is 151 Å². The van der Waals surface area contributed by atoms with Crippen molar-refractivity contribution in [1.29, 1.82) is 5.26 Å². The summed E-state index contributed by atoms with van der Waals surface area (Å²) in [4.78, 5) is 26.2. The molecule has 0 aliphatic rings. The maximum atomic E-state index is 12.8. The largest absolute Gasteiger partial charge is 0.465 e. The molecule has 0 saturated carbocycles. The number of carbonyl (C=O) groups is 2. The van der Waals surface area contributed by atoms with E-state index in [0.29, 0.717) is 16.9 Å². The molecule has 26 heavy (non-hydrogen) atoms. The van der Waals surface area contributed by atoms with Crippen LogP contribution in [0.5, 0.6) is 5.75 Å². The summed E-state index contributed by atoms with van der Waals surface area (Å²) >= 11 is 0. The first-order valence-electron chi connectivity index (χ1n) is 7.74. The summed E-state index contributed by atoms with van der Waals surface area (Å²) in [5, 5.41) is 8.86. The van der Waals surface area contributed by atoms with Gasteiger partial charge >= 0.3 is 5.97 Å². The molecule has 2 aromatic rings. The third kappa shape index (κ3) is 4.71. The molecule has 0 saturated heterocycles. The molecule has 0 aliphatic carbocycles. The summed E-state index contributed by atoms with van der Waals surface area (Å²) in [6, 6.07) is 14.7. The van der Waals surface area contributed by atoms with Crippen LogP contribution in [0.4, 0.5) is 0 Å². The van der Waals surface area contributed by atoms with E-state index in [2.05, 4.69) is 4.74 Å². The molecule has 0 bridgehead atoms. The Kier molecular flexibility index (Phi) is 6.12. The van der Waals surface area contributed by atoms with Crippen LogP contribution in [-0.4, -0.2) is 37.9 Å². The molecule has 0 unspecified atom stereocenters. The Morgan fingerprint density at radius 1 is 1.08 bits per heavy atom. The van der Waals surface area contributed by atoms with E-state index >= 15 is 0 Å². The lowest BCUT2D eigenvalue weighted by Gasteiger charge is -2.13. The number of hydrogen-bond donors (Lipinski definition) is 0. The second-order valence-corrected chi connectivity index (χ2v) is 5.60. The molecule has 0 heterocycles. The van der Waals surface area contributed by atoms with Gasteiger partial charge < -0.3 is 14.4 Å². The molecule has 2 aromatic carbocycles. The number of ketones is 1. The summed E-state index contributed by atoms with van der Waals surface area (Å²) in [6.07, 6.45) is 1.55. The van der Waals surface area contributed by atoms with Gasteiger partial charge in [-0.15, -0.1) is 0 Å². The van der Waals surface area contributed by atoms with Gasteiger partial charge in [0, 0.05) is 25.9 Å². The zero-order chi connectivity index (χ0) is 19.1. The lowest BCUT2D eigenvalue weighted by Crippen LogP contribution is -2.15. The fourth-order valence-corrected chi connectivity index (χ4v) is 2.14. The number of rotatable bonds is 6. The molecule has 0 spiro atoms. The zero-order valence-corrected chi connectivity index (χ0v) is 14.7. The molecular formula is C20H18N2O4. The van der Waals surface area contributed by atoms with Crippen LogP contribution < -0.4 is 4.74 Å². The van der Waals surface area contributed by atoms with E-state index in [4.69, 9.17) is 10.00 Å². The van der Waals surface area contributed by atoms with E-state index < -0.39 is 5.97 Å². The normalized spacial score (nSPS) is 10.6. The van der Waals surface area contributed by atoms with Crippen molar-refractivity contribution in [3.8, 4) is 11.8 Å². The van der Waals surface area contributed by atoms with E-state index in [0.717, 1.165) is 0 Å². The van der Waals surface area contributed by atoms with E-state index in [9.17, 15) is 9.59 Å². The Morgan fingerprint density at radius 3 is 2.31 bits per heavy atom. The van der Waals surface area contributed by atoms with E-state index in [1.165, 1.54) is 13.2 Å². The first-order chi connectivity index (χ1) is 12.4. The molecule has 0 aliphatic heterocycles. The van der Waals surface area contributed by atoms with Gasteiger partial charge in [-0.1, -0.05) is 12.1 Å². The van der Waals surface area contributed by atoms with Crippen LogP contribution in [0.15, 0.2) is 60.5 Å². The highest BCUT2D eigenvalue weighted by Gasteiger charge is 2.17. The van der Waals surface area contributed by atoms with Crippen molar-refractivity contribution in [2.45, 2.75) is 0 Å². The van der Waals surface area contributed by atoms with Gasteiger partial charge in [-0.25, -0.2) is 4.79 Å². The van der Waals surface area contributed by atoms with Crippen molar-refractivity contribution in [2.24, 2.45) is 0 Å². The van der Waals surface area contributed by atoms with Gasteiger partial charge in [0.25, 0.3) is 0 Å². The number of ether oxygens (including phenoxy) is 2. The predicted octanol–water partition coefficient (Wildman–Crippen LogP) is 3.01. The number of benzene rings is 2. The smallest absolute Gasteiger partial charge is 0.337 e. The monoisotopic (exact) mass is 350 g/mol.